The molecule has 1 saturated heterocycles. The predicted molar refractivity (Wildman–Crippen MR) is 98.5 cm³/mol. The van der Waals surface area contributed by atoms with Crippen LogP contribution in [0.15, 0.2) is 36.7 Å². The average Bonchev–Trinajstić information content (AvgIpc) is 3.45. The van der Waals surface area contributed by atoms with Crippen LogP contribution in [0.3, 0.4) is 0 Å². The molecule has 1 aliphatic carbocycles. The lowest BCUT2D eigenvalue weighted by molar-refractivity contribution is -0.0257. The van der Waals surface area contributed by atoms with Crippen LogP contribution in [0.25, 0.3) is 5.78 Å². The summed E-state index contributed by atoms with van der Waals surface area (Å²) in [6.07, 6.45) is 3.76. The van der Waals surface area contributed by atoms with Crippen molar-refractivity contribution in [3.63, 3.8) is 0 Å². The number of ether oxygens (including phenoxy) is 1. The van der Waals surface area contributed by atoms with Gasteiger partial charge in [0, 0.05) is 17.8 Å². The molecule has 1 aromatic carbocycles. The number of benzene rings is 1. The van der Waals surface area contributed by atoms with Gasteiger partial charge in [-0.3, -0.25) is 4.79 Å². The van der Waals surface area contributed by atoms with E-state index in [9.17, 15) is 4.79 Å². The van der Waals surface area contributed by atoms with Crippen molar-refractivity contribution >= 4 is 11.7 Å². The highest BCUT2D eigenvalue weighted by atomic mass is 16.5. The highest BCUT2D eigenvalue weighted by molar-refractivity contribution is 5.94. The van der Waals surface area contributed by atoms with E-state index in [1.807, 2.05) is 30.0 Å². The first-order valence-electron chi connectivity index (χ1n) is 9.37. The molecule has 2 aliphatic rings. The largest absolute Gasteiger partial charge is 0.368 e. The third kappa shape index (κ3) is 3.08. The Morgan fingerprint density at radius 3 is 2.81 bits per heavy atom. The molecular weight excluding hydrogens is 342 g/mol. The Bertz CT molecular complexity index is 993. The van der Waals surface area contributed by atoms with E-state index in [1.165, 1.54) is 24.7 Å². The molecule has 1 saturated carbocycles. The number of fused-ring (bicyclic) bond motifs is 1. The maximum atomic E-state index is 13.0. The molecule has 2 fully saturated rings. The Balaban J connectivity index is 1.38. The van der Waals surface area contributed by atoms with Crippen LogP contribution in [-0.4, -0.2) is 50.1 Å². The third-order valence-corrected chi connectivity index (χ3v) is 5.30. The Hall–Kier alpha value is -2.80. The minimum Gasteiger partial charge on any atom is -0.368 e. The molecule has 7 nitrogen and oxygen atoms in total. The summed E-state index contributed by atoms with van der Waals surface area (Å²) in [6, 6.07) is 10.0. The minimum absolute atomic E-state index is 0.0475. The summed E-state index contributed by atoms with van der Waals surface area (Å²) < 4.78 is 7.65. The van der Waals surface area contributed by atoms with Gasteiger partial charge < -0.3 is 9.64 Å². The van der Waals surface area contributed by atoms with Gasteiger partial charge in [0.25, 0.3) is 11.7 Å². The van der Waals surface area contributed by atoms with Crippen molar-refractivity contribution in [3.8, 4) is 0 Å². The van der Waals surface area contributed by atoms with E-state index in [2.05, 4.69) is 27.2 Å². The zero-order valence-electron chi connectivity index (χ0n) is 15.2. The molecule has 5 rings (SSSR count). The molecule has 3 heterocycles. The number of nitrogens with zero attached hydrogens (tertiary/aromatic N) is 5. The fourth-order valence-electron chi connectivity index (χ4n) is 3.70. The second-order valence-corrected chi connectivity index (χ2v) is 7.30. The van der Waals surface area contributed by atoms with Gasteiger partial charge in [0.1, 0.15) is 12.4 Å². The molecular formula is C20H21N5O2. The van der Waals surface area contributed by atoms with E-state index in [1.54, 1.807) is 4.52 Å². The van der Waals surface area contributed by atoms with Crippen molar-refractivity contribution in [2.24, 2.45) is 0 Å². The van der Waals surface area contributed by atoms with Gasteiger partial charge in [-0.1, -0.05) is 12.1 Å². The first-order chi connectivity index (χ1) is 13.2. The number of hydrogen-bond donors (Lipinski definition) is 0. The molecule has 2 aromatic heterocycles. The second-order valence-electron chi connectivity index (χ2n) is 7.30. The highest BCUT2D eigenvalue weighted by Crippen LogP contribution is 2.40. The van der Waals surface area contributed by atoms with E-state index < -0.39 is 0 Å². The number of morpholine rings is 1. The van der Waals surface area contributed by atoms with Crippen molar-refractivity contribution < 1.29 is 9.53 Å². The highest BCUT2D eigenvalue weighted by Gasteiger charge is 2.29. The summed E-state index contributed by atoms with van der Waals surface area (Å²) >= 11 is 0. The first-order valence-corrected chi connectivity index (χ1v) is 9.37. The summed E-state index contributed by atoms with van der Waals surface area (Å²) in [4.78, 5) is 23.4. The maximum absolute atomic E-state index is 13.0. The summed E-state index contributed by atoms with van der Waals surface area (Å²) in [5.74, 6) is 1.29. The summed E-state index contributed by atoms with van der Waals surface area (Å²) in [6.45, 7) is 3.49. The van der Waals surface area contributed by atoms with Crippen molar-refractivity contribution in [1.82, 2.24) is 24.5 Å². The topological polar surface area (TPSA) is 72.6 Å². The SMILES string of the molecule is Cc1cc([C@@H]2CN(C(=O)c3ccc(C4CC4)cc3)CCO2)n2ncnc2n1. The van der Waals surface area contributed by atoms with E-state index in [-0.39, 0.29) is 12.0 Å². The number of carbonyl (C=O) groups is 1. The normalized spacial score (nSPS) is 20.2. The van der Waals surface area contributed by atoms with Gasteiger partial charge in [-0.15, -0.1) is 0 Å². The summed E-state index contributed by atoms with van der Waals surface area (Å²) in [7, 11) is 0. The standard InChI is InChI=1S/C20H21N5O2/c1-13-10-17(25-20(23-13)21-12-22-25)18-11-24(8-9-27-18)19(26)16-6-4-15(5-7-16)14-2-3-14/h4-7,10,12,14,18H,2-3,8-9,11H2,1H3/t18-/m0/s1. The first kappa shape index (κ1) is 16.4. The molecule has 138 valence electrons. The molecule has 0 spiro atoms. The van der Waals surface area contributed by atoms with Crippen LogP contribution in [0, 0.1) is 6.92 Å². The zero-order chi connectivity index (χ0) is 18.4. The Kier molecular flexibility index (Phi) is 3.89. The van der Waals surface area contributed by atoms with E-state index in [0.29, 0.717) is 31.4 Å². The number of rotatable bonds is 3. The van der Waals surface area contributed by atoms with Crippen LogP contribution >= 0.6 is 0 Å². The smallest absolute Gasteiger partial charge is 0.254 e. The van der Waals surface area contributed by atoms with Crippen molar-refractivity contribution in [2.75, 3.05) is 19.7 Å². The van der Waals surface area contributed by atoms with Gasteiger partial charge in [0.05, 0.1) is 18.8 Å². The maximum Gasteiger partial charge on any atom is 0.254 e. The van der Waals surface area contributed by atoms with Crippen LogP contribution in [-0.2, 0) is 4.74 Å². The Morgan fingerprint density at radius 1 is 1.22 bits per heavy atom. The Labute approximate surface area is 157 Å². The Morgan fingerprint density at radius 2 is 2.04 bits per heavy atom. The number of aryl methyl sites for hydroxylation is 1. The molecule has 1 amide bonds. The fraction of sp³-hybridized carbons (Fsp3) is 0.400. The van der Waals surface area contributed by atoms with Crippen LogP contribution < -0.4 is 0 Å². The predicted octanol–water partition coefficient (Wildman–Crippen LogP) is 2.52. The monoisotopic (exact) mass is 363 g/mol. The lowest BCUT2D eigenvalue weighted by atomic mass is 10.1. The number of carbonyl (C=O) groups excluding carboxylic acids is 1. The van der Waals surface area contributed by atoms with E-state index in [0.717, 1.165) is 17.0 Å². The van der Waals surface area contributed by atoms with Crippen LogP contribution in [0.5, 0.6) is 0 Å². The van der Waals surface area contributed by atoms with Gasteiger partial charge >= 0.3 is 0 Å². The fourth-order valence-corrected chi connectivity index (χ4v) is 3.70. The quantitative estimate of drug-likeness (QED) is 0.715. The minimum atomic E-state index is -0.251. The molecule has 1 aliphatic heterocycles. The van der Waals surface area contributed by atoms with Gasteiger partial charge in [-0.05, 0) is 49.4 Å². The van der Waals surface area contributed by atoms with Gasteiger partial charge in [0.2, 0.25) is 0 Å². The molecule has 0 unspecified atom stereocenters. The molecule has 3 aromatic rings. The molecule has 0 N–H and O–H groups in total. The van der Waals surface area contributed by atoms with Crippen molar-refractivity contribution in [3.05, 3.63) is 59.2 Å². The van der Waals surface area contributed by atoms with Crippen LogP contribution in [0.4, 0.5) is 0 Å². The summed E-state index contributed by atoms with van der Waals surface area (Å²) in [5, 5.41) is 4.25. The van der Waals surface area contributed by atoms with Crippen LogP contribution in [0.1, 0.15) is 52.2 Å². The molecule has 7 heteroatoms. The zero-order valence-corrected chi connectivity index (χ0v) is 15.2. The number of amides is 1. The lowest BCUT2D eigenvalue weighted by Gasteiger charge is -2.33. The van der Waals surface area contributed by atoms with E-state index in [4.69, 9.17) is 4.74 Å². The summed E-state index contributed by atoms with van der Waals surface area (Å²) in [5.41, 5.74) is 3.80. The van der Waals surface area contributed by atoms with Gasteiger partial charge in [0.15, 0.2) is 0 Å². The molecule has 0 radical (unpaired) electrons. The number of aromatic nitrogens is 4. The van der Waals surface area contributed by atoms with E-state index >= 15 is 0 Å². The molecule has 27 heavy (non-hydrogen) atoms. The number of hydrogen-bond acceptors (Lipinski definition) is 5. The molecule has 1 atom stereocenters. The third-order valence-electron chi connectivity index (χ3n) is 5.30. The second kappa shape index (κ2) is 6.42. The van der Waals surface area contributed by atoms with Gasteiger partial charge in [-0.25, -0.2) is 4.98 Å². The lowest BCUT2D eigenvalue weighted by Crippen LogP contribution is -2.42. The van der Waals surface area contributed by atoms with Crippen LogP contribution in [0.2, 0.25) is 0 Å². The van der Waals surface area contributed by atoms with Gasteiger partial charge in [-0.2, -0.15) is 14.6 Å². The van der Waals surface area contributed by atoms with Crippen molar-refractivity contribution in [1.29, 1.82) is 0 Å². The average molecular weight is 363 g/mol. The molecule has 0 bridgehead atoms. The van der Waals surface area contributed by atoms with Crippen molar-refractivity contribution in [2.45, 2.75) is 31.8 Å².